The van der Waals surface area contributed by atoms with Gasteiger partial charge in [0.2, 0.25) is 0 Å². The number of aromatic carboxylic acids is 1. The van der Waals surface area contributed by atoms with Gasteiger partial charge in [-0.3, -0.25) is 0 Å². The molecule has 3 N–H and O–H groups in total. The highest BCUT2D eigenvalue weighted by Crippen LogP contribution is 2.19. The van der Waals surface area contributed by atoms with Crippen molar-refractivity contribution in [1.29, 1.82) is 0 Å². The van der Waals surface area contributed by atoms with Crippen molar-refractivity contribution in [3.63, 3.8) is 0 Å². The van der Waals surface area contributed by atoms with Gasteiger partial charge in [-0.05, 0) is 19.1 Å². The standard InChI is InChI=1S/C10H10FNO4/c1-2-16-10(15)6-3-7(11)5(9(13)14)4-8(6)12/h3-4H,2,12H2,1H3,(H,13,14). The molecule has 16 heavy (non-hydrogen) atoms. The third kappa shape index (κ3) is 2.28. The van der Waals surface area contributed by atoms with Crippen molar-refractivity contribution in [2.75, 3.05) is 12.3 Å². The molecule has 0 aromatic heterocycles. The van der Waals surface area contributed by atoms with Gasteiger partial charge in [0.25, 0.3) is 0 Å². The van der Waals surface area contributed by atoms with E-state index in [2.05, 4.69) is 4.74 Å². The van der Waals surface area contributed by atoms with Crippen molar-refractivity contribution in [3.05, 3.63) is 29.1 Å². The molecule has 0 amide bonds. The summed E-state index contributed by atoms with van der Waals surface area (Å²) in [4.78, 5) is 21.9. The molecule has 0 spiro atoms. The first kappa shape index (κ1) is 12.0. The number of rotatable bonds is 3. The molecular formula is C10H10FNO4. The summed E-state index contributed by atoms with van der Waals surface area (Å²) < 4.78 is 17.9. The molecule has 0 aliphatic rings. The van der Waals surface area contributed by atoms with Gasteiger partial charge in [0.1, 0.15) is 5.82 Å². The molecule has 0 radical (unpaired) electrons. The van der Waals surface area contributed by atoms with Gasteiger partial charge in [-0.1, -0.05) is 0 Å². The summed E-state index contributed by atoms with van der Waals surface area (Å²) in [5.74, 6) is -3.25. The van der Waals surface area contributed by atoms with E-state index in [4.69, 9.17) is 10.8 Å². The molecule has 1 aromatic rings. The van der Waals surface area contributed by atoms with Crippen LogP contribution < -0.4 is 5.73 Å². The van der Waals surface area contributed by atoms with E-state index in [1.54, 1.807) is 6.92 Å². The summed E-state index contributed by atoms with van der Waals surface area (Å²) in [6, 6.07) is 1.65. The smallest absolute Gasteiger partial charge is 0.340 e. The number of ether oxygens (including phenoxy) is 1. The zero-order chi connectivity index (χ0) is 12.3. The first-order chi connectivity index (χ1) is 7.47. The second-order valence-electron chi connectivity index (χ2n) is 2.94. The number of benzene rings is 1. The fourth-order valence-corrected chi connectivity index (χ4v) is 1.14. The monoisotopic (exact) mass is 227 g/mol. The molecule has 0 bridgehead atoms. The van der Waals surface area contributed by atoms with Crippen molar-refractivity contribution in [3.8, 4) is 0 Å². The molecule has 0 heterocycles. The molecule has 1 rings (SSSR count). The first-order valence-electron chi connectivity index (χ1n) is 4.46. The molecule has 6 heteroatoms. The highest BCUT2D eigenvalue weighted by Gasteiger charge is 2.18. The van der Waals surface area contributed by atoms with E-state index in [-0.39, 0.29) is 17.9 Å². The summed E-state index contributed by atoms with van der Waals surface area (Å²) in [7, 11) is 0. The average Bonchev–Trinajstić information content (AvgIpc) is 2.20. The summed E-state index contributed by atoms with van der Waals surface area (Å²) in [5.41, 5.74) is 4.55. The highest BCUT2D eigenvalue weighted by atomic mass is 19.1. The van der Waals surface area contributed by atoms with Crippen LogP contribution in [0.1, 0.15) is 27.6 Å². The van der Waals surface area contributed by atoms with E-state index in [1.165, 1.54) is 0 Å². The largest absolute Gasteiger partial charge is 0.478 e. The Morgan fingerprint density at radius 2 is 2.06 bits per heavy atom. The van der Waals surface area contributed by atoms with Crippen molar-refractivity contribution in [2.45, 2.75) is 6.92 Å². The van der Waals surface area contributed by atoms with Crippen LogP contribution in [0.15, 0.2) is 12.1 Å². The topological polar surface area (TPSA) is 89.6 Å². The van der Waals surface area contributed by atoms with E-state index in [1.807, 2.05) is 0 Å². The first-order valence-corrected chi connectivity index (χ1v) is 4.46. The van der Waals surface area contributed by atoms with Crippen LogP contribution in [-0.4, -0.2) is 23.7 Å². The Bertz CT molecular complexity index is 445. The summed E-state index contributed by atoms with van der Waals surface area (Å²) in [5, 5.41) is 8.61. The molecule has 0 aliphatic carbocycles. The van der Waals surface area contributed by atoms with Crippen LogP contribution in [0.4, 0.5) is 10.1 Å². The van der Waals surface area contributed by atoms with Gasteiger partial charge in [-0.25, -0.2) is 14.0 Å². The van der Waals surface area contributed by atoms with Crippen LogP contribution >= 0.6 is 0 Å². The minimum Gasteiger partial charge on any atom is -0.478 e. The van der Waals surface area contributed by atoms with Gasteiger partial charge in [0, 0.05) is 5.69 Å². The SMILES string of the molecule is CCOC(=O)c1cc(F)c(C(=O)O)cc1N. The van der Waals surface area contributed by atoms with E-state index >= 15 is 0 Å². The third-order valence-electron chi connectivity index (χ3n) is 1.86. The van der Waals surface area contributed by atoms with Crippen molar-refractivity contribution < 1.29 is 23.8 Å². The molecule has 5 nitrogen and oxygen atoms in total. The number of hydrogen-bond acceptors (Lipinski definition) is 4. The third-order valence-corrected chi connectivity index (χ3v) is 1.86. The number of carboxylic acid groups (broad SMARTS) is 1. The van der Waals surface area contributed by atoms with Gasteiger partial charge in [0.15, 0.2) is 0 Å². The van der Waals surface area contributed by atoms with Crippen LogP contribution in [0, 0.1) is 5.82 Å². The van der Waals surface area contributed by atoms with E-state index < -0.39 is 23.3 Å². The molecule has 0 atom stereocenters. The van der Waals surface area contributed by atoms with Crippen LogP contribution in [-0.2, 0) is 4.74 Å². The lowest BCUT2D eigenvalue weighted by molar-refractivity contribution is 0.0525. The molecule has 0 fully saturated rings. The second kappa shape index (κ2) is 4.61. The molecule has 86 valence electrons. The molecular weight excluding hydrogens is 217 g/mol. The van der Waals surface area contributed by atoms with Crippen molar-refractivity contribution in [2.24, 2.45) is 0 Å². The lowest BCUT2D eigenvalue weighted by Gasteiger charge is -2.06. The Balaban J connectivity index is 3.20. The van der Waals surface area contributed by atoms with Gasteiger partial charge < -0.3 is 15.6 Å². The van der Waals surface area contributed by atoms with Crippen LogP contribution in [0.25, 0.3) is 0 Å². The highest BCUT2D eigenvalue weighted by molar-refractivity contribution is 5.98. The Hall–Kier alpha value is -2.11. The molecule has 0 saturated heterocycles. The normalized spacial score (nSPS) is 9.88. The van der Waals surface area contributed by atoms with Gasteiger partial charge in [-0.2, -0.15) is 0 Å². The Labute approximate surface area is 90.6 Å². The summed E-state index contributed by atoms with van der Waals surface area (Å²) >= 11 is 0. The minimum atomic E-state index is -1.44. The molecule has 0 saturated carbocycles. The van der Waals surface area contributed by atoms with Gasteiger partial charge in [-0.15, -0.1) is 0 Å². The van der Waals surface area contributed by atoms with Crippen LogP contribution in [0.5, 0.6) is 0 Å². The predicted molar refractivity (Wildman–Crippen MR) is 53.7 cm³/mol. The Kier molecular flexibility index (Phi) is 3.44. The molecule has 1 aromatic carbocycles. The quantitative estimate of drug-likeness (QED) is 0.599. The zero-order valence-electron chi connectivity index (χ0n) is 8.49. The molecule has 0 unspecified atom stereocenters. The number of hydrogen-bond donors (Lipinski definition) is 2. The number of halogens is 1. The van der Waals surface area contributed by atoms with E-state index in [0.29, 0.717) is 0 Å². The maximum absolute atomic E-state index is 13.2. The number of carbonyl (C=O) groups excluding carboxylic acids is 1. The fraction of sp³-hybridized carbons (Fsp3) is 0.200. The number of carbonyl (C=O) groups is 2. The Morgan fingerprint density at radius 1 is 1.44 bits per heavy atom. The number of nitrogens with two attached hydrogens (primary N) is 1. The summed E-state index contributed by atoms with van der Waals surface area (Å²) in [6.07, 6.45) is 0. The van der Waals surface area contributed by atoms with E-state index in [9.17, 15) is 14.0 Å². The number of nitrogen functional groups attached to an aromatic ring is 1. The lowest BCUT2D eigenvalue weighted by atomic mass is 10.1. The minimum absolute atomic E-state index is 0.126. The van der Waals surface area contributed by atoms with Crippen molar-refractivity contribution in [1.82, 2.24) is 0 Å². The van der Waals surface area contributed by atoms with Gasteiger partial charge >= 0.3 is 11.9 Å². The zero-order valence-corrected chi connectivity index (χ0v) is 8.49. The predicted octanol–water partition coefficient (Wildman–Crippen LogP) is 1.28. The lowest BCUT2D eigenvalue weighted by Crippen LogP contribution is -2.11. The maximum atomic E-state index is 13.2. The summed E-state index contributed by atoms with van der Waals surface area (Å²) in [6.45, 7) is 1.72. The van der Waals surface area contributed by atoms with E-state index in [0.717, 1.165) is 12.1 Å². The van der Waals surface area contributed by atoms with Crippen molar-refractivity contribution >= 4 is 17.6 Å². The maximum Gasteiger partial charge on any atom is 0.340 e. The Morgan fingerprint density at radius 3 is 2.56 bits per heavy atom. The van der Waals surface area contributed by atoms with Crippen LogP contribution in [0.2, 0.25) is 0 Å². The average molecular weight is 227 g/mol. The number of esters is 1. The van der Waals surface area contributed by atoms with Gasteiger partial charge in [0.05, 0.1) is 17.7 Å². The fourth-order valence-electron chi connectivity index (χ4n) is 1.14. The number of carboxylic acids is 1. The molecule has 0 aliphatic heterocycles. The van der Waals surface area contributed by atoms with Crippen LogP contribution in [0.3, 0.4) is 0 Å². The second-order valence-corrected chi connectivity index (χ2v) is 2.94. The number of anilines is 1.